The zero-order valence-corrected chi connectivity index (χ0v) is 51.0. The van der Waals surface area contributed by atoms with Gasteiger partial charge in [-0.15, -0.1) is 0 Å². The highest BCUT2D eigenvalue weighted by Gasteiger charge is 2.37. The number of hydrogen-bond acceptors (Lipinski definition) is 6. The van der Waals surface area contributed by atoms with Gasteiger partial charge in [0.05, 0.1) is 31.7 Å². The second-order valence-corrected chi connectivity index (χ2v) is 26.3. The predicted molar refractivity (Wildman–Crippen MR) is 322 cm³/mol. The molecule has 0 radical (unpaired) electrons. The van der Waals surface area contributed by atoms with Crippen molar-refractivity contribution in [3.8, 4) is 0 Å². The summed E-state index contributed by atoms with van der Waals surface area (Å²) in [5, 5.41) is 0. The normalized spacial score (nSPS) is 22.0. The summed E-state index contributed by atoms with van der Waals surface area (Å²) >= 11 is 0. The molecule has 0 amide bonds. The standard InChI is InChI=1S/C69H131NO5/c1-4-7-10-13-22-31-42-62-55-65(62)45-34-25-16-19-28-39-52-72-58-69(61-75-68(71)48-51-70-49-37-38-50-70,59-73-53-40-29-20-17-26-35-46-66-56-63(66)43-32-23-14-11-8-5-2)60-74-54-41-30-21-18-27-36-47-67-57-64(67)44-33-24-15-12-9-6-3/h62-67H,4-61H2,1-3H3. The lowest BCUT2D eigenvalue weighted by atomic mass is 9.92. The van der Waals surface area contributed by atoms with Crippen LogP contribution in [0.1, 0.15) is 329 Å². The summed E-state index contributed by atoms with van der Waals surface area (Å²) in [7, 11) is 0. The fourth-order valence-electron chi connectivity index (χ4n) is 13.2. The quantitative estimate of drug-likeness (QED) is 0.0447. The Morgan fingerprint density at radius 1 is 0.360 bits per heavy atom. The van der Waals surface area contributed by atoms with Crippen molar-refractivity contribution in [1.82, 2.24) is 4.90 Å². The molecule has 4 aliphatic rings. The van der Waals surface area contributed by atoms with E-state index in [1.807, 2.05) is 0 Å². The third-order valence-electron chi connectivity index (χ3n) is 18.9. The van der Waals surface area contributed by atoms with Crippen LogP contribution in [-0.4, -0.2) is 76.8 Å². The summed E-state index contributed by atoms with van der Waals surface area (Å²) < 4.78 is 25.8. The van der Waals surface area contributed by atoms with E-state index in [2.05, 4.69) is 25.7 Å². The Labute approximate surface area is 468 Å². The Balaban J connectivity index is 1.12. The van der Waals surface area contributed by atoms with Crippen molar-refractivity contribution in [2.75, 3.05) is 65.9 Å². The number of ether oxygens (including phenoxy) is 4. The summed E-state index contributed by atoms with van der Waals surface area (Å²) in [5.74, 6) is 6.22. The zero-order valence-electron chi connectivity index (χ0n) is 51.0. The summed E-state index contributed by atoms with van der Waals surface area (Å²) in [6.45, 7) is 14.1. The fourth-order valence-corrected chi connectivity index (χ4v) is 13.2. The smallest absolute Gasteiger partial charge is 0.307 e. The van der Waals surface area contributed by atoms with Crippen molar-refractivity contribution in [2.24, 2.45) is 40.9 Å². The van der Waals surface area contributed by atoms with Crippen LogP contribution in [-0.2, 0) is 23.7 Å². The Hall–Kier alpha value is -0.690. The van der Waals surface area contributed by atoms with E-state index in [1.54, 1.807) is 0 Å². The second-order valence-electron chi connectivity index (χ2n) is 26.3. The molecule has 75 heavy (non-hydrogen) atoms. The number of rotatable bonds is 59. The number of nitrogens with zero attached hydrogens (tertiary/aromatic N) is 1. The average molecular weight is 1050 g/mol. The highest BCUT2D eigenvalue weighted by Crippen LogP contribution is 2.47. The molecule has 6 atom stereocenters. The molecule has 3 saturated carbocycles. The fraction of sp³-hybridized carbons (Fsp3) is 0.986. The SMILES string of the molecule is CCCCCCCCC1CC1CCCCCCCCOCC(COCCCCCCCCC1CC1CCCCCCCC)(COCCCCCCCCC1CC1CCCCCCCC)COC(=O)CCN1CCCC1. The van der Waals surface area contributed by atoms with Crippen molar-refractivity contribution in [1.29, 1.82) is 0 Å². The molecule has 4 fully saturated rings. The minimum atomic E-state index is -0.482. The molecule has 6 unspecified atom stereocenters. The van der Waals surface area contributed by atoms with Crippen LogP contribution < -0.4 is 0 Å². The lowest BCUT2D eigenvalue weighted by Gasteiger charge is -2.33. The van der Waals surface area contributed by atoms with Crippen LogP contribution in [0.4, 0.5) is 0 Å². The maximum Gasteiger partial charge on any atom is 0.307 e. The van der Waals surface area contributed by atoms with Gasteiger partial charge in [-0.25, -0.2) is 0 Å². The molecular weight excluding hydrogens is 923 g/mol. The lowest BCUT2D eigenvalue weighted by Crippen LogP contribution is -2.42. The molecule has 6 heteroatoms. The molecular formula is C69H131NO5. The second kappa shape index (κ2) is 46.0. The molecule has 442 valence electrons. The van der Waals surface area contributed by atoms with Crippen LogP contribution in [0.2, 0.25) is 0 Å². The van der Waals surface area contributed by atoms with Gasteiger partial charge in [-0.2, -0.15) is 0 Å². The number of carbonyl (C=O) groups is 1. The van der Waals surface area contributed by atoms with Gasteiger partial charge in [0, 0.05) is 26.4 Å². The first-order chi connectivity index (χ1) is 37.1. The molecule has 1 saturated heterocycles. The molecule has 0 N–H and O–H groups in total. The number of hydrogen-bond donors (Lipinski definition) is 0. The molecule has 0 aromatic heterocycles. The number of carbonyl (C=O) groups excluding carboxylic acids is 1. The third-order valence-corrected chi connectivity index (χ3v) is 18.9. The van der Waals surface area contributed by atoms with Crippen LogP contribution in [0.5, 0.6) is 0 Å². The van der Waals surface area contributed by atoms with Gasteiger partial charge in [-0.05, 0) is 100.0 Å². The average Bonchev–Trinajstić information content (AvgIpc) is 4.39. The predicted octanol–water partition coefficient (Wildman–Crippen LogP) is 20.4. The Morgan fingerprint density at radius 2 is 0.627 bits per heavy atom. The summed E-state index contributed by atoms with van der Waals surface area (Å²) in [6.07, 6.45) is 65.6. The van der Waals surface area contributed by atoms with Crippen LogP contribution in [0.3, 0.4) is 0 Å². The summed E-state index contributed by atoms with van der Waals surface area (Å²) in [4.78, 5) is 15.7. The van der Waals surface area contributed by atoms with Gasteiger partial charge in [0.15, 0.2) is 0 Å². The van der Waals surface area contributed by atoms with Crippen LogP contribution in [0.25, 0.3) is 0 Å². The maximum absolute atomic E-state index is 13.3. The number of unbranched alkanes of at least 4 members (excludes halogenated alkanes) is 30. The van der Waals surface area contributed by atoms with E-state index in [1.165, 1.54) is 283 Å². The van der Waals surface area contributed by atoms with Crippen molar-refractivity contribution in [2.45, 2.75) is 329 Å². The van der Waals surface area contributed by atoms with E-state index >= 15 is 0 Å². The molecule has 3 aliphatic carbocycles. The zero-order chi connectivity index (χ0) is 53.0. The molecule has 0 aromatic carbocycles. The molecule has 0 aromatic rings. The Morgan fingerprint density at radius 3 is 0.920 bits per heavy atom. The van der Waals surface area contributed by atoms with E-state index in [0.717, 1.165) is 94.2 Å². The molecule has 1 aliphatic heterocycles. The third kappa shape index (κ3) is 36.3. The van der Waals surface area contributed by atoms with E-state index < -0.39 is 5.41 Å². The minimum absolute atomic E-state index is 0.0914. The summed E-state index contributed by atoms with van der Waals surface area (Å²) in [6, 6.07) is 0. The van der Waals surface area contributed by atoms with Gasteiger partial charge in [0.1, 0.15) is 6.61 Å². The molecule has 4 rings (SSSR count). The van der Waals surface area contributed by atoms with Crippen LogP contribution in [0, 0.1) is 40.9 Å². The highest BCUT2D eigenvalue weighted by molar-refractivity contribution is 5.69. The highest BCUT2D eigenvalue weighted by atomic mass is 16.5. The lowest BCUT2D eigenvalue weighted by molar-refractivity contribution is -0.156. The Bertz CT molecular complexity index is 1150. The first-order valence-electron chi connectivity index (χ1n) is 34.7. The van der Waals surface area contributed by atoms with Crippen molar-refractivity contribution >= 4 is 5.97 Å². The van der Waals surface area contributed by atoms with Gasteiger partial charge < -0.3 is 23.8 Å². The molecule has 6 nitrogen and oxygen atoms in total. The minimum Gasteiger partial charge on any atom is -0.465 e. The van der Waals surface area contributed by atoms with Gasteiger partial charge in [-0.1, -0.05) is 271 Å². The first kappa shape index (κ1) is 66.8. The van der Waals surface area contributed by atoms with E-state index in [4.69, 9.17) is 18.9 Å². The van der Waals surface area contributed by atoms with Gasteiger partial charge >= 0.3 is 5.97 Å². The van der Waals surface area contributed by atoms with E-state index in [9.17, 15) is 4.79 Å². The number of likely N-dealkylation sites (tertiary alicyclic amines) is 1. The van der Waals surface area contributed by atoms with Crippen molar-refractivity contribution in [3.05, 3.63) is 0 Å². The largest absolute Gasteiger partial charge is 0.465 e. The molecule has 1 heterocycles. The molecule has 0 spiro atoms. The van der Waals surface area contributed by atoms with Gasteiger partial charge in [-0.3, -0.25) is 4.79 Å². The Kier molecular flexibility index (Phi) is 41.0. The van der Waals surface area contributed by atoms with Crippen LogP contribution in [0.15, 0.2) is 0 Å². The number of esters is 1. The van der Waals surface area contributed by atoms with Gasteiger partial charge in [0.25, 0.3) is 0 Å². The topological polar surface area (TPSA) is 57.2 Å². The van der Waals surface area contributed by atoms with E-state index in [0.29, 0.717) is 32.8 Å². The van der Waals surface area contributed by atoms with Gasteiger partial charge in [0.2, 0.25) is 0 Å². The molecule has 0 bridgehead atoms. The van der Waals surface area contributed by atoms with Crippen molar-refractivity contribution in [3.63, 3.8) is 0 Å². The van der Waals surface area contributed by atoms with E-state index in [-0.39, 0.29) is 5.97 Å². The summed E-state index contributed by atoms with van der Waals surface area (Å²) in [5.41, 5.74) is -0.482. The first-order valence-corrected chi connectivity index (χ1v) is 34.7. The van der Waals surface area contributed by atoms with Crippen molar-refractivity contribution < 1.29 is 23.7 Å². The maximum atomic E-state index is 13.3. The monoisotopic (exact) mass is 1050 g/mol. The van der Waals surface area contributed by atoms with Crippen LogP contribution >= 0.6 is 0 Å².